The van der Waals surface area contributed by atoms with Crippen molar-refractivity contribution in [1.82, 2.24) is 15.3 Å². The molecule has 0 amide bonds. The predicted octanol–water partition coefficient (Wildman–Crippen LogP) is 5.06. The lowest BCUT2D eigenvalue weighted by atomic mass is 9.98. The van der Waals surface area contributed by atoms with Gasteiger partial charge >= 0.3 is 0 Å². The Morgan fingerprint density at radius 1 is 1.04 bits per heavy atom. The number of fused-ring (bicyclic) bond motifs is 1. The van der Waals surface area contributed by atoms with E-state index < -0.39 is 0 Å². The van der Waals surface area contributed by atoms with Crippen molar-refractivity contribution in [2.45, 2.75) is 26.5 Å². The van der Waals surface area contributed by atoms with Crippen molar-refractivity contribution in [3.05, 3.63) is 76.1 Å². The van der Waals surface area contributed by atoms with E-state index in [0.717, 1.165) is 35.5 Å². The first-order chi connectivity index (χ1) is 12.6. The fraction of sp³-hybridized carbons (Fsp3) is 0.238. The Hall–Kier alpha value is -2.14. The molecule has 2 aromatic carbocycles. The molecule has 0 saturated heterocycles. The topological polar surface area (TPSA) is 47.0 Å². The summed E-state index contributed by atoms with van der Waals surface area (Å²) < 4.78 is 6.21. The summed E-state index contributed by atoms with van der Waals surface area (Å²) in [5.74, 6) is 0.492. The molecule has 0 spiro atoms. The molecule has 1 aliphatic heterocycles. The van der Waals surface area contributed by atoms with Crippen LogP contribution < -0.4 is 10.1 Å². The van der Waals surface area contributed by atoms with E-state index in [1.165, 1.54) is 11.1 Å². The highest BCUT2D eigenvalue weighted by Crippen LogP contribution is 2.31. The van der Waals surface area contributed by atoms with Crippen LogP contribution in [0.15, 0.2) is 48.5 Å². The van der Waals surface area contributed by atoms with Crippen molar-refractivity contribution in [3.63, 3.8) is 0 Å². The number of benzene rings is 2. The van der Waals surface area contributed by atoms with Crippen LogP contribution in [0, 0.1) is 13.8 Å². The van der Waals surface area contributed by atoms with Crippen molar-refractivity contribution in [2.75, 3.05) is 6.54 Å². The van der Waals surface area contributed by atoms with Gasteiger partial charge in [0.1, 0.15) is 6.10 Å². The van der Waals surface area contributed by atoms with Crippen molar-refractivity contribution < 1.29 is 4.74 Å². The Labute approximate surface area is 170 Å². The predicted molar refractivity (Wildman–Crippen MR) is 111 cm³/mol. The van der Waals surface area contributed by atoms with Gasteiger partial charge in [-0.05, 0) is 47.7 Å². The molecular formula is C21H21Cl2N3O. The zero-order valence-electron chi connectivity index (χ0n) is 15.2. The van der Waals surface area contributed by atoms with Crippen molar-refractivity contribution in [2.24, 2.45) is 0 Å². The van der Waals surface area contributed by atoms with E-state index in [2.05, 4.69) is 53.4 Å². The highest BCUT2D eigenvalue weighted by atomic mass is 35.5. The van der Waals surface area contributed by atoms with Gasteiger partial charge in [-0.25, -0.2) is 4.98 Å². The fourth-order valence-corrected chi connectivity index (χ4v) is 3.69. The first-order valence-corrected chi connectivity index (χ1v) is 9.06. The van der Waals surface area contributed by atoms with Crippen LogP contribution in [-0.2, 0) is 6.54 Å². The average molecular weight is 402 g/mol. The second-order valence-electron chi connectivity index (χ2n) is 6.56. The first kappa shape index (κ1) is 19.6. The summed E-state index contributed by atoms with van der Waals surface area (Å²) in [7, 11) is 0. The summed E-state index contributed by atoms with van der Waals surface area (Å²) in [6, 6.07) is 16.4. The van der Waals surface area contributed by atoms with E-state index in [9.17, 15) is 0 Å². The normalized spacial score (nSPS) is 15.6. The number of hydrogen-bond donors (Lipinski definition) is 1. The number of aryl methyl sites for hydroxylation is 2. The van der Waals surface area contributed by atoms with Crippen molar-refractivity contribution in [3.8, 4) is 17.1 Å². The second kappa shape index (κ2) is 8.26. The van der Waals surface area contributed by atoms with Gasteiger partial charge in [-0.3, -0.25) is 0 Å². The Morgan fingerprint density at radius 2 is 1.78 bits per heavy atom. The van der Waals surface area contributed by atoms with Crippen LogP contribution in [0.25, 0.3) is 11.3 Å². The largest absolute Gasteiger partial charge is 0.468 e. The third-order valence-corrected chi connectivity index (χ3v) is 4.89. The van der Waals surface area contributed by atoms with Crippen molar-refractivity contribution >= 4 is 24.0 Å². The van der Waals surface area contributed by atoms with Crippen LogP contribution >= 0.6 is 24.0 Å². The van der Waals surface area contributed by atoms with Crippen LogP contribution in [0.1, 0.15) is 28.4 Å². The molecular weight excluding hydrogens is 381 g/mol. The second-order valence-corrected chi connectivity index (χ2v) is 6.90. The Kier molecular flexibility index (Phi) is 6.00. The van der Waals surface area contributed by atoms with Gasteiger partial charge in [-0.1, -0.05) is 42.5 Å². The number of nitrogens with one attached hydrogen (secondary N) is 1. The maximum absolute atomic E-state index is 6.21. The van der Waals surface area contributed by atoms with Crippen LogP contribution in [0.2, 0.25) is 5.28 Å². The summed E-state index contributed by atoms with van der Waals surface area (Å²) >= 11 is 6.20. The van der Waals surface area contributed by atoms with E-state index in [-0.39, 0.29) is 23.8 Å². The molecule has 4 rings (SSSR count). The molecule has 0 bridgehead atoms. The fourth-order valence-electron chi connectivity index (χ4n) is 3.51. The Bertz CT molecular complexity index is 942. The maximum atomic E-state index is 6.21. The zero-order chi connectivity index (χ0) is 18.1. The number of nitrogens with zero attached hydrogens (tertiary/aromatic N) is 2. The Morgan fingerprint density at radius 3 is 2.56 bits per heavy atom. The number of ether oxygens (including phenoxy) is 1. The van der Waals surface area contributed by atoms with Crippen LogP contribution in [-0.4, -0.2) is 16.5 Å². The lowest BCUT2D eigenvalue weighted by Gasteiger charge is -2.26. The maximum Gasteiger partial charge on any atom is 0.226 e. The van der Waals surface area contributed by atoms with Crippen LogP contribution in [0.4, 0.5) is 0 Å². The molecule has 0 fully saturated rings. The smallest absolute Gasteiger partial charge is 0.226 e. The van der Waals surface area contributed by atoms with Gasteiger partial charge in [-0.15, -0.1) is 12.4 Å². The standard InChI is InChI=1S/C21H20ClN3O.ClH/c1-13-6-5-7-14(2)20(13)17-10-19(25-21(22)24-17)26-18-12-23-11-15-8-3-4-9-16(15)18;/h3-10,18,23H,11-12H2,1-2H3;1H. The van der Waals surface area contributed by atoms with Crippen LogP contribution in [0.3, 0.4) is 0 Å². The molecule has 1 unspecified atom stereocenters. The molecule has 3 aromatic rings. The zero-order valence-corrected chi connectivity index (χ0v) is 16.8. The summed E-state index contributed by atoms with van der Waals surface area (Å²) in [5.41, 5.74) is 6.59. The van der Waals surface area contributed by atoms with Crippen molar-refractivity contribution in [1.29, 1.82) is 0 Å². The molecule has 4 nitrogen and oxygen atoms in total. The minimum absolute atomic E-state index is 0. The molecule has 6 heteroatoms. The van der Waals surface area contributed by atoms with Gasteiger partial charge in [0, 0.05) is 24.7 Å². The number of rotatable bonds is 3. The summed E-state index contributed by atoms with van der Waals surface area (Å²) in [4.78, 5) is 8.71. The van der Waals surface area contributed by atoms with Gasteiger partial charge < -0.3 is 10.1 Å². The van der Waals surface area contributed by atoms with E-state index in [1.54, 1.807) is 0 Å². The number of halogens is 2. The third kappa shape index (κ3) is 4.08. The number of hydrogen-bond acceptors (Lipinski definition) is 4. The van der Waals surface area contributed by atoms with E-state index >= 15 is 0 Å². The van der Waals surface area contributed by atoms with E-state index in [4.69, 9.17) is 16.3 Å². The lowest BCUT2D eigenvalue weighted by molar-refractivity contribution is 0.183. The molecule has 27 heavy (non-hydrogen) atoms. The number of aromatic nitrogens is 2. The SMILES string of the molecule is Cc1cccc(C)c1-c1cc(OC2CNCc3ccccc32)nc(Cl)n1.Cl. The van der Waals surface area contributed by atoms with Gasteiger partial charge in [0.15, 0.2) is 0 Å². The summed E-state index contributed by atoms with van der Waals surface area (Å²) in [6.07, 6.45) is -0.100. The van der Waals surface area contributed by atoms with Crippen LogP contribution in [0.5, 0.6) is 5.88 Å². The molecule has 1 atom stereocenters. The molecule has 140 valence electrons. The van der Waals surface area contributed by atoms with Gasteiger partial charge in [0.25, 0.3) is 0 Å². The quantitative estimate of drug-likeness (QED) is 0.623. The molecule has 0 radical (unpaired) electrons. The van der Waals surface area contributed by atoms with Gasteiger partial charge in [0.2, 0.25) is 11.2 Å². The molecule has 1 aromatic heterocycles. The summed E-state index contributed by atoms with van der Waals surface area (Å²) in [5, 5.41) is 3.58. The minimum atomic E-state index is -0.100. The Balaban J connectivity index is 0.00000210. The van der Waals surface area contributed by atoms with Gasteiger partial charge in [-0.2, -0.15) is 4.98 Å². The molecule has 0 saturated carbocycles. The third-order valence-electron chi connectivity index (χ3n) is 4.72. The van der Waals surface area contributed by atoms with E-state index in [1.807, 2.05) is 24.3 Å². The van der Waals surface area contributed by atoms with E-state index in [0.29, 0.717) is 5.88 Å². The highest BCUT2D eigenvalue weighted by molar-refractivity contribution is 6.28. The lowest BCUT2D eigenvalue weighted by Crippen LogP contribution is -2.31. The molecule has 0 aliphatic carbocycles. The summed E-state index contributed by atoms with van der Waals surface area (Å²) in [6.45, 7) is 5.73. The molecule has 1 N–H and O–H groups in total. The first-order valence-electron chi connectivity index (χ1n) is 8.68. The minimum Gasteiger partial charge on any atom is -0.468 e. The monoisotopic (exact) mass is 401 g/mol. The van der Waals surface area contributed by atoms with Gasteiger partial charge in [0.05, 0.1) is 5.69 Å². The highest BCUT2D eigenvalue weighted by Gasteiger charge is 2.22. The average Bonchev–Trinajstić information content (AvgIpc) is 2.61. The molecule has 1 aliphatic rings. The molecule has 2 heterocycles.